The minimum atomic E-state index is -4.51. The summed E-state index contributed by atoms with van der Waals surface area (Å²) in [6.45, 7) is 0. The van der Waals surface area contributed by atoms with Crippen LogP contribution in [0.4, 0.5) is 0 Å². The van der Waals surface area contributed by atoms with Gasteiger partial charge in [0.25, 0.3) is 40.5 Å². The zero-order valence-corrected chi connectivity index (χ0v) is 35.1. The highest BCUT2D eigenvalue weighted by molar-refractivity contribution is 7.90. The molecule has 0 fully saturated rings. The molecule has 0 amide bonds. The molecule has 0 aliphatic rings. The molecule has 0 aromatic heterocycles. The van der Waals surface area contributed by atoms with E-state index >= 15 is 0 Å². The molecule has 18 nitrogen and oxygen atoms in total. The van der Waals surface area contributed by atoms with Crippen molar-refractivity contribution >= 4 is 58.4 Å². The van der Waals surface area contributed by atoms with Gasteiger partial charge in [-0.05, 0) is 38.5 Å². The summed E-state index contributed by atoms with van der Waals surface area (Å²) in [5, 5.41) is 23.7. The summed E-state index contributed by atoms with van der Waals surface area (Å²) in [5.41, 5.74) is 0. The summed E-state index contributed by atoms with van der Waals surface area (Å²) in [6.07, 6.45) is 18.7. The molecule has 0 bridgehead atoms. The van der Waals surface area contributed by atoms with E-state index in [1.54, 1.807) is 0 Å². The highest BCUT2D eigenvalue weighted by atomic mass is 32.2. The Kier molecular flexibility index (Phi) is 35.6. The number of aliphatic carboxylic acids is 3. The van der Waals surface area contributed by atoms with Gasteiger partial charge in [0, 0.05) is 19.3 Å². The van der Waals surface area contributed by atoms with Gasteiger partial charge in [-0.2, -0.15) is 33.7 Å². The van der Waals surface area contributed by atoms with E-state index in [9.17, 15) is 48.1 Å². The van der Waals surface area contributed by atoms with Crippen LogP contribution in [0.5, 0.6) is 0 Å². The first-order valence-electron chi connectivity index (χ1n) is 18.8. The average Bonchev–Trinajstić information content (AvgIpc) is 3.01. The summed E-state index contributed by atoms with van der Waals surface area (Å²) in [7, 11) is -16.6. The predicted molar refractivity (Wildman–Crippen MR) is 208 cm³/mol. The van der Waals surface area contributed by atoms with Gasteiger partial charge in [0.1, 0.15) is 5.25 Å². The number of unbranched alkanes of at least 4 members (excludes halogenated alkanes) is 19. The highest BCUT2D eigenvalue weighted by Crippen LogP contribution is 2.15. The summed E-state index contributed by atoms with van der Waals surface area (Å²) in [5.74, 6) is -3.62. The fourth-order valence-electron chi connectivity index (χ4n) is 5.15. The van der Waals surface area contributed by atoms with E-state index in [-0.39, 0.29) is 37.2 Å². The third-order valence-electron chi connectivity index (χ3n) is 8.07. The Bertz CT molecular complexity index is 1380. The molecular weight excluding hydrogens is 813 g/mol. The summed E-state index contributed by atoms with van der Waals surface area (Å²) in [6, 6.07) is 0. The van der Waals surface area contributed by atoms with E-state index in [0.717, 1.165) is 109 Å². The second-order valence-corrected chi connectivity index (χ2v) is 19.8. The maximum atomic E-state index is 11.0. The van der Waals surface area contributed by atoms with Crippen molar-refractivity contribution in [3.63, 3.8) is 0 Å². The molecule has 0 radical (unpaired) electrons. The van der Waals surface area contributed by atoms with Crippen LogP contribution in [0.15, 0.2) is 0 Å². The van der Waals surface area contributed by atoms with Gasteiger partial charge in [-0.15, -0.1) is 0 Å². The Morgan fingerprint density at radius 2 is 0.582 bits per heavy atom. The molecule has 55 heavy (non-hydrogen) atoms. The van der Waals surface area contributed by atoms with Gasteiger partial charge in [0.05, 0.1) is 17.3 Å². The Balaban J connectivity index is -0.000000744. The zero-order valence-electron chi connectivity index (χ0n) is 31.8. The molecule has 22 heteroatoms. The van der Waals surface area contributed by atoms with Crippen LogP contribution in [0.2, 0.25) is 0 Å². The summed E-state index contributed by atoms with van der Waals surface area (Å²) < 4.78 is 119. The zero-order chi connectivity index (χ0) is 42.8. The second kappa shape index (κ2) is 34.1. The van der Waals surface area contributed by atoms with Gasteiger partial charge >= 0.3 is 17.9 Å². The topological polar surface area (TPSA) is 329 Å². The standard InChI is InChI=1S/C11H22O8S2.2C11H22O5S/c12-11(13)8-6-4-2-1-3-5-7-10(21(17,18)19)9-20(14,15)16;2*12-11(13)9-7-5-3-1-2-4-6-8-10-17(14,15)16/h10H,1-9H2,(H,12,13)(H,14,15,16)(H,17,18,19);2*1-10H2,(H,12,13)(H,14,15,16). The Morgan fingerprint density at radius 1 is 0.345 bits per heavy atom. The van der Waals surface area contributed by atoms with Gasteiger partial charge in [-0.3, -0.25) is 32.6 Å². The number of carbonyl (C=O) groups is 3. The number of hydrogen-bond donors (Lipinski definition) is 7. The molecule has 0 aliphatic heterocycles. The minimum absolute atomic E-state index is 0.0479. The lowest BCUT2D eigenvalue weighted by molar-refractivity contribution is -0.138. The van der Waals surface area contributed by atoms with Crippen LogP contribution < -0.4 is 0 Å². The summed E-state index contributed by atoms with van der Waals surface area (Å²) >= 11 is 0. The van der Waals surface area contributed by atoms with E-state index in [2.05, 4.69) is 0 Å². The molecule has 0 saturated heterocycles. The van der Waals surface area contributed by atoms with Crippen LogP contribution in [-0.4, -0.2) is 108 Å². The van der Waals surface area contributed by atoms with E-state index in [1.807, 2.05) is 0 Å². The Morgan fingerprint density at radius 3 is 0.800 bits per heavy atom. The van der Waals surface area contributed by atoms with Crippen molar-refractivity contribution in [2.24, 2.45) is 0 Å². The van der Waals surface area contributed by atoms with E-state index in [1.165, 1.54) is 0 Å². The van der Waals surface area contributed by atoms with Crippen molar-refractivity contribution in [2.45, 2.75) is 172 Å². The van der Waals surface area contributed by atoms with Crippen LogP contribution in [0, 0.1) is 0 Å². The third-order valence-corrected chi connectivity index (χ3v) is 12.0. The maximum absolute atomic E-state index is 11.0. The van der Waals surface area contributed by atoms with Crippen LogP contribution in [-0.2, 0) is 54.9 Å². The quantitative estimate of drug-likeness (QED) is 0.0276. The number of rotatable bonds is 34. The van der Waals surface area contributed by atoms with Crippen molar-refractivity contribution in [3.8, 4) is 0 Å². The fourth-order valence-corrected chi connectivity index (χ4v) is 8.59. The van der Waals surface area contributed by atoms with Crippen molar-refractivity contribution in [3.05, 3.63) is 0 Å². The lowest BCUT2D eigenvalue weighted by Crippen LogP contribution is -2.29. The molecule has 0 spiro atoms. The van der Waals surface area contributed by atoms with Gasteiger partial charge < -0.3 is 15.3 Å². The maximum Gasteiger partial charge on any atom is 0.303 e. The van der Waals surface area contributed by atoms with Crippen molar-refractivity contribution < 1.29 is 81.6 Å². The molecule has 330 valence electrons. The SMILES string of the molecule is O=C(O)CCCCCCCCC(CS(=O)(=O)O)S(=O)(=O)O.O=C(O)CCCCCCCCCCS(=O)(=O)O.O=C(O)CCCCCCCCCCS(=O)(=O)O. The van der Waals surface area contributed by atoms with Gasteiger partial charge in [0.15, 0.2) is 0 Å². The Hall–Kier alpha value is -1.95. The van der Waals surface area contributed by atoms with Gasteiger partial charge in [-0.25, -0.2) is 0 Å². The largest absolute Gasteiger partial charge is 0.481 e. The molecule has 0 aromatic rings. The second-order valence-electron chi connectivity index (χ2n) is 13.5. The van der Waals surface area contributed by atoms with Crippen molar-refractivity contribution in [1.82, 2.24) is 0 Å². The van der Waals surface area contributed by atoms with Gasteiger partial charge in [0.2, 0.25) is 0 Å². The molecule has 1 unspecified atom stereocenters. The molecule has 0 saturated carbocycles. The highest BCUT2D eigenvalue weighted by Gasteiger charge is 2.27. The van der Waals surface area contributed by atoms with Crippen molar-refractivity contribution in [2.75, 3.05) is 17.3 Å². The minimum Gasteiger partial charge on any atom is -0.481 e. The molecular formula is C33H66O18S4. The van der Waals surface area contributed by atoms with Crippen LogP contribution >= 0.6 is 0 Å². The first-order valence-corrected chi connectivity index (χ1v) is 25.2. The molecule has 0 aromatic carbocycles. The molecule has 0 heterocycles. The number of carboxylic acids is 3. The monoisotopic (exact) mass is 878 g/mol. The first kappa shape index (κ1) is 57.4. The van der Waals surface area contributed by atoms with E-state index < -0.39 is 69.4 Å². The summed E-state index contributed by atoms with van der Waals surface area (Å²) in [4.78, 5) is 30.7. The smallest absolute Gasteiger partial charge is 0.303 e. The molecule has 1 atom stereocenters. The van der Waals surface area contributed by atoms with Crippen molar-refractivity contribution in [1.29, 1.82) is 0 Å². The fraction of sp³-hybridized carbons (Fsp3) is 0.909. The Labute approximate surface area is 328 Å². The van der Waals surface area contributed by atoms with Gasteiger partial charge in [-0.1, -0.05) is 109 Å². The normalized spacial score (nSPS) is 12.5. The molecule has 0 aliphatic carbocycles. The first-order chi connectivity index (χ1) is 25.4. The van der Waals surface area contributed by atoms with E-state index in [0.29, 0.717) is 32.1 Å². The molecule has 0 rings (SSSR count). The number of carboxylic acid groups (broad SMARTS) is 3. The lowest BCUT2D eigenvalue weighted by atomic mass is 10.1. The average molecular weight is 879 g/mol. The lowest BCUT2D eigenvalue weighted by Gasteiger charge is -2.11. The van der Waals surface area contributed by atoms with Crippen LogP contribution in [0.1, 0.15) is 167 Å². The number of hydrogen-bond acceptors (Lipinski definition) is 11. The third kappa shape index (κ3) is 56.5. The van der Waals surface area contributed by atoms with Crippen LogP contribution in [0.3, 0.4) is 0 Å². The van der Waals surface area contributed by atoms with E-state index in [4.69, 9.17) is 33.5 Å². The molecule has 7 N–H and O–H groups in total. The predicted octanol–water partition coefficient (Wildman–Crippen LogP) is 6.28. The van der Waals surface area contributed by atoms with Crippen LogP contribution in [0.25, 0.3) is 0 Å².